The summed E-state index contributed by atoms with van der Waals surface area (Å²) in [5.74, 6) is -1.54. The van der Waals surface area contributed by atoms with Crippen LogP contribution in [0.15, 0.2) is 40.9 Å². The number of halogens is 1. The number of benzene rings is 3. The summed E-state index contributed by atoms with van der Waals surface area (Å²) in [5.41, 5.74) is 12.2. The van der Waals surface area contributed by atoms with E-state index in [1.165, 1.54) is 19.2 Å². The van der Waals surface area contributed by atoms with Crippen LogP contribution in [0.25, 0.3) is 11.1 Å². The van der Waals surface area contributed by atoms with Crippen LogP contribution in [0.4, 0.5) is 11.4 Å². The third kappa shape index (κ3) is 2.64. The summed E-state index contributed by atoms with van der Waals surface area (Å²) < 4.78 is 5.39. The van der Waals surface area contributed by atoms with E-state index in [9.17, 15) is 19.8 Å². The van der Waals surface area contributed by atoms with Gasteiger partial charge in [0.15, 0.2) is 0 Å². The zero-order chi connectivity index (χ0) is 21.0. The molecule has 0 unspecified atom stereocenters. The smallest absolute Gasteiger partial charge is 0.200 e. The van der Waals surface area contributed by atoms with Gasteiger partial charge >= 0.3 is 0 Å². The highest BCUT2D eigenvalue weighted by atomic mass is 79.9. The van der Waals surface area contributed by atoms with Gasteiger partial charge in [-0.25, -0.2) is 0 Å². The van der Waals surface area contributed by atoms with Crippen molar-refractivity contribution in [2.45, 2.75) is 0 Å². The van der Waals surface area contributed by atoms with E-state index in [1.807, 2.05) is 0 Å². The normalized spacial score (nSPS) is 12.5. The van der Waals surface area contributed by atoms with Crippen molar-refractivity contribution in [1.29, 1.82) is 0 Å². The molecule has 1 aliphatic carbocycles. The predicted molar refractivity (Wildman–Crippen MR) is 112 cm³/mol. The van der Waals surface area contributed by atoms with Crippen molar-refractivity contribution < 1.29 is 24.5 Å². The first-order valence-electron chi connectivity index (χ1n) is 8.46. The van der Waals surface area contributed by atoms with E-state index in [4.69, 9.17) is 16.2 Å². The second-order valence-corrected chi connectivity index (χ2v) is 7.39. The van der Waals surface area contributed by atoms with Crippen LogP contribution < -0.4 is 16.2 Å². The molecule has 6 N–H and O–H groups in total. The minimum Gasteiger partial charge on any atom is -0.507 e. The fraction of sp³-hybridized carbons (Fsp3) is 0.0476. The van der Waals surface area contributed by atoms with Crippen LogP contribution in [-0.2, 0) is 0 Å². The molecule has 0 fully saturated rings. The van der Waals surface area contributed by atoms with Crippen LogP contribution in [-0.4, -0.2) is 28.9 Å². The van der Waals surface area contributed by atoms with Gasteiger partial charge in [0.05, 0.1) is 35.1 Å². The molecule has 3 aromatic rings. The summed E-state index contributed by atoms with van der Waals surface area (Å²) >= 11 is 3.16. The van der Waals surface area contributed by atoms with Crippen molar-refractivity contribution in [2.24, 2.45) is 0 Å². The molecule has 8 heteroatoms. The third-order valence-electron chi connectivity index (χ3n) is 4.94. The lowest BCUT2D eigenvalue weighted by atomic mass is 9.80. The van der Waals surface area contributed by atoms with E-state index in [2.05, 4.69) is 15.9 Å². The van der Waals surface area contributed by atoms with Crippen molar-refractivity contribution in [3.63, 3.8) is 0 Å². The number of phenolic OH excluding ortho intramolecular Hbond substituents is 2. The van der Waals surface area contributed by atoms with Crippen molar-refractivity contribution in [3.8, 4) is 28.4 Å². The van der Waals surface area contributed by atoms with Gasteiger partial charge in [0.25, 0.3) is 0 Å². The van der Waals surface area contributed by atoms with Gasteiger partial charge in [-0.2, -0.15) is 0 Å². The number of ketones is 2. The van der Waals surface area contributed by atoms with E-state index < -0.39 is 17.3 Å². The molecule has 3 aromatic carbocycles. The van der Waals surface area contributed by atoms with E-state index in [1.54, 1.807) is 24.3 Å². The maximum atomic E-state index is 13.2. The highest BCUT2D eigenvalue weighted by Gasteiger charge is 2.39. The number of nitrogen functional groups attached to an aromatic ring is 2. The number of ether oxygens (including phenoxy) is 1. The maximum Gasteiger partial charge on any atom is 0.200 e. The topological polar surface area (TPSA) is 136 Å². The molecular formula is C21H15BrN2O5. The molecule has 0 aliphatic heterocycles. The first-order chi connectivity index (χ1) is 13.8. The number of fused-ring (bicyclic) bond motifs is 2. The number of carbonyl (C=O) groups excluding carboxylic acids is 2. The molecular weight excluding hydrogens is 440 g/mol. The van der Waals surface area contributed by atoms with Crippen LogP contribution in [0.3, 0.4) is 0 Å². The Morgan fingerprint density at radius 1 is 0.897 bits per heavy atom. The first kappa shape index (κ1) is 18.8. The Kier molecular flexibility index (Phi) is 4.24. The van der Waals surface area contributed by atoms with Crippen LogP contribution in [0.5, 0.6) is 17.2 Å². The lowest BCUT2D eigenvalue weighted by Crippen LogP contribution is -2.24. The maximum absolute atomic E-state index is 13.2. The minimum atomic E-state index is -0.691. The molecule has 0 atom stereocenters. The number of methoxy groups -OCH3 is 1. The Balaban J connectivity index is 2.01. The summed E-state index contributed by atoms with van der Waals surface area (Å²) in [7, 11) is 1.53. The number of hydrogen-bond acceptors (Lipinski definition) is 7. The number of aromatic hydroxyl groups is 2. The lowest BCUT2D eigenvalue weighted by Gasteiger charge is -2.24. The number of rotatable bonds is 2. The first-order valence-corrected chi connectivity index (χ1v) is 9.25. The van der Waals surface area contributed by atoms with Crippen molar-refractivity contribution in [1.82, 2.24) is 0 Å². The van der Waals surface area contributed by atoms with Crippen molar-refractivity contribution in [2.75, 3.05) is 18.6 Å². The Morgan fingerprint density at radius 2 is 1.52 bits per heavy atom. The summed E-state index contributed by atoms with van der Waals surface area (Å²) in [6, 6.07) is 9.44. The molecule has 4 rings (SSSR count). The zero-order valence-corrected chi connectivity index (χ0v) is 16.7. The monoisotopic (exact) mass is 454 g/mol. The molecule has 1 aliphatic rings. The summed E-state index contributed by atoms with van der Waals surface area (Å²) in [5, 5.41) is 21.2. The van der Waals surface area contributed by atoms with Gasteiger partial charge in [-0.15, -0.1) is 0 Å². The quantitative estimate of drug-likeness (QED) is 0.268. The van der Waals surface area contributed by atoms with Gasteiger partial charge in [0.1, 0.15) is 17.2 Å². The molecule has 0 bridgehead atoms. The van der Waals surface area contributed by atoms with Gasteiger partial charge in [-0.05, 0) is 45.8 Å². The molecule has 146 valence electrons. The molecule has 0 heterocycles. The number of carbonyl (C=O) groups is 2. The van der Waals surface area contributed by atoms with Gasteiger partial charge < -0.3 is 26.4 Å². The molecule has 0 saturated carbocycles. The molecule has 0 spiro atoms. The fourth-order valence-electron chi connectivity index (χ4n) is 3.52. The SMILES string of the molecule is COc1ccc(-c2cc(N)c3c(c2O)C(=O)c2c(N)c(Br)cc(O)c2C3=O)cc1. The Bertz CT molecular complexity index is 1220. The van der Waals surface area contributed by atoms with Crippen molar-refractivity contribution >= 4 is 38.9 Å². The molecule has 0 amide bonds. The van der Waals surface area contributed by atoms with Gasteiger partial charge in [-0.3, -0.25) is 9.59 Å². The Hall–Kier alpha value is -3.52. The highest BCUT2D eigenvalue weighted by molar-refractivity contribution is 9.10. The molecule has 7 nitrogen and oxygen atoms in total. The Labute approximate surface area is 173 Å². The number of nitrogens with two attached hydrogens (primary N) is 2. The fourth-order valence-corrected chi connectivity index (χ4v) is 3.93. The van der Waals surface area contributed by atoms with E-state index in [0.29, 0.717) is 11.3 Å². The predicted octanol–water partition coefficient (Wildman–Crippen LogP) is 3.48. The largest absolute Gasteiger partial charge is 0.507 e. The van der Waals surface area contributed by atoms with E-state index in [-0.39, 0.29) is 49.4 Å². The zero-order valence-electron chi connectivity index (χ0n) is 15.1. The van der Waals surface area contributed by atoms with Crippen LogP contribution >= 0.6 is 15.9 Å². The summed E-state index contributed by atoms with van der Waals surface area (Å²) in [6.07, 6.45) is 0. The number of anilines is 2. The standard InChI is InChI=1S/C21H15BrN2O5/c1-29-9-4-2-8(3-5-9)10-6-12(23)14-17(19(10)26)21(28)16-15(20(14)27)13(25)7-11(22)18(16)24/h2-7,25-26H,23-24H2,1H3. The van der Waals surface area contributed by atoms with Crippen LogP contribution in [0.1, 0.15) is 31.8 Å². The molecule has 0 saturated heterocycles. The lowest BCUT2D eigenvalue weighted by molar-refractivity contribution is 0.0975. The third-order valence-corrected chi connectivity index (χ3v) is 5.59. The second kappa shape index (κ2) is 6.52. The van der Waals surface area contributed by atoms with Gasteiger partial charge in [0.2, 0.25) is 11.6 Å². The Morgan fingerprint density at radius 3 is 2.14 bits per heavy atom. The van der Waals surface area contributed by atoms with E-state index in [0.717, 1.165) is 0 Å². The summed E-state index contributed by atoms with van der Waals surface area (Å²) in [6.45, 7) is 0. The minimum absolute atomic E-state index is 0.00498. The van der Waals surface area contributed by atoms with Crippen molar-refractivity contribution in [3.05, 3.63) is 63.1 Å². The van der Waals surface area contributed by atoms with Gasteiger partial charge in [0, 0.05) is 15.7 Å². The molecule has 0 radical (unpaired) electrons. The van der Waals surface area contributed by atoms with Crippen LogP contribution in [0, 0.1) is 0 Å². The second-order valence-electron chi connectivity index (χ2n) is 6.54. The number of phenols is 2. The van der Waals surface area contributed by atoms with Gasteiger partial charge in [-0.1, -0.05) is 12.1 Å². The van der Waals surface area contributed by atoms with Crippen LogP contribution in [0.2, 0.25) is 0 Å². The molecule has 29 heavy (non-hydrogen) atoms. The van der Waals surface area contributed by atoms with E-state index >= 15 is 0 Å². The average molecular weight is 455 g/mol. The highest BCUT2D eigenvalue weighted by Crippen LogP contribution is 2.46. The molecule has 0 aromatic heterocycles. The summed E-state index contributed by atoms with van der Waals surface area (Å²) in [4.78, 5) is 26.3. The number of hydrogen-bond donors (Lipinski definition) is 4. The average Bonchev–Trinajstić information content (AvgIpc) is 2.70.